The number of ether oxygens (including phenoxy) is 1. The molecule has 0 bridgehead atoms. The molecule has 1 aliphatic carbocycles. The maximum Gasteiger partial charge on any atom is 0.387 e. The molecule has 0 radical (unpaired) electrons. The van der Waals surface area contributed by atoms with Crippen LogP contribution >= 0.6 is 11.3 Å². The Morgan fingerprint density at radius 1 is 1.10 bits per heavy atom. The van der Waals surface area contributed by atoms with Crippen molar-refractivity contribution >= 4 is 33.3 Å². The zero-order valence-electron chi connectivity index (χ0n) is 22.0. The molecule has 0 saturated heterocycles. The van der Waals surface area contributed by atoms with E-state index in [4.69, 9.17) is 9.97 Å². The van der Waals surface area contributed by atoms with Crippen molar-refractivity contribution in [2.75, 3.05) is 17.2 Å². The summed E-state index contributed by atoms with van der Waals surface area (Å²) in [6, 6.07) is 7.32. The van der Waals surface area contributed by atoms with Crippen LogP contribution in [0.25, 0.3) is 20.8 Å². The Morgan fingerprint density at radius 3 is 2.60 bits per heavy atom. The van der Waals surface area contributed by atoms with Gasteiger partial charge in [0.25, 0.3) is 0 Å². The van der Waals surface area contributed by atoms with Crippen molar-refractivity contribution in [1.29, 1.82) is 0 Å². The molecule has 3 heterocycles. The van der Waals surface area contributed by atoms with Gasteiger partial charge in [-0.1, -0.05) is 12.1 Å². The van der Waals surface area contributed by atoms with Gasteiger partial charge in [0.1, 0.15) is 28.2 Å². The summed E-state index contributed by atoms with van der Waals surface area (Å²) in [6.45, 7) is 2.36. The standard InChI is InChI=1S/C27H30F2N6O4S/c1-12(15-5-4-6-17(9-15)39-26(28)29)31-27-32-13(2)20(25-34-21-14(3)30-8-7-19(21)40-25)24(35-27)33-18-10-16(11-36)22(37)23(18)38/h4-9,12,16,18,22-23,26,36-38H,10-11H2,1-3H3,(H2,31,32,33,35)/t12-,16-,18-,22-,23+/m1/s1. The summed E-state index contributed by atoms with van der Waals surface area (Å²) in [6.07, 6.45) is -0.135. The van der Waals surface area contributed by atoms with Crippen molar-refractivity contribution in [3.8, 4) is 16.3 Å². The minimum atomic E-state index is -2.93. The molecular weight excluding hydrogens is 542 g/mol. The van der Waals surface area contributed by atoms with E-state index in [1.807, 2.05) is 26.8 Å². The number of pyridine rings is 1. The molecule has 5 rings (SSSR count). The number of fused-ring (bicyclic) bond motifs is 1. The van der Waals surface area contributed by atoms with Crippen LogP contribution in [-0.2, 0) is 0 Å². The molecule has 40 heavy (non-hydrogen) atoms. The number of alkyl halides is 2. The molecule has 5 N–H and O–H groups in total. The summed E-state index contributed by atoms with van der Waals surface area (Å²) >= 11 is 1.46. The van der Waals surface area contributed by atoms with Crippen LogP contribution in [0.5, 0.6) is 5.75 Å². The highest BCUT2D eigenvalue weighted by atomic mass is 32.1. The van der Waals surface area contributed by atoms with Crippen LogP contribution in [0.1, 0.15) is 36.3 Å². The van der Waals surface area contributed by atoms with Crippen LogP contribution in [-0.4, -0.2) is 66.7 Å². The third-order valence-corrected chi connectivity index (χ3v) is 8.12. The highest BCUT2D eigenvalue weighted by Gasteiger charge is 2.41. The lowest BCUT2D eigenvalue weighted by Gasteiger charge is -2.22. The third-order valence-electron chi connectivity index (χ3n) is 7.08. The van der Waals surface area contributed by atoms with E-state index < -0.39 is 30.8 Å². The number of benzene rings is 1. The van der Waals surface area contributed by atoms with Gasteiger partial charge in [0, 0.05) is 18.7 Å². The molecule has 0 unspecified atom stereocenters. The Bertz CT molecular complexity index is 1510. The van der Waals surface area contributed by atoms with Crippen LogP contribution in [0.3, 0.4) is 0 Å². The van der Waals surface area contributed by atoms with E-state index in [-0.39, 0.29) is 24.3 Å². The van der Waals surface area contributed by atoms with E-state index in [1.54, 1.807) is 18.3 Å². The number of nitrogens with zero attached hydrogens (tertiary/aromatic N) is 4. The fourth-order valence-corrected chi connectivity index (χ4v) is 6.06. The van der Waals surface area contributed by atoms with Gasteiger partial charge in [-0.3, -0.25) is 4.98 Å². The van der Waals surface area contributed by atoms with Gasteiger partial charge in [0.15, 0.2) is 0 Å². The monoisotopic (exact) mass is 572 g/mol. The fraction of sp³-hybridized carbons (Fsp3) is 0.407. The second-order valence-corrected chi connectivity index (χ2v) is 10.9. The van der Waals surface area contributed by atoms with Crippen LogP contribution in [0.4, 0.5) is 20.5 Å². The maximum atomic E-state index is 12.7. The zero-order valence-corrected chi connectivity index (χ0v) is 22.9. The summed E-state index contributed by atoms with van der Waals surface area (Å²) in [5.74, 6) is 0.234. The van der Waals surface area contributed by atoms with Gasteiger partial charge in [0.2, 0.25) is 5.95 Å². The second-order valence-electron chi connectivity index (χ2n) is 9.85. The third kappa shape index (κ3) is 5.68. The van der Waals surface area contributed by atoms with E-state index in [2.05, 4.69) is 25.3 Å². The smallest absolute Gasteiger partial charge is 0.387 e. The predicted octanol–water partition coefficient (Wildman–Crippen LogP) is 4.05. The van der Waals surface area contributed by atoms with Crippen LogP contribution in [0.2, 0.25) is 0 Å². The summed E-state index contributed by atoms with van der Waals surface area (Å²) in [5, 5.41) is 37.9. The Hall–Kier alpha value is -3.52. The van der Waals surface area contributed by atoms with Gasteiger partial charge in [-0.15, -0.1) is 11.3 Å². The van der Waals surface area contributed by atoms with Crippen molar-refractivity contribution in [2.24, 2.45) is 5.92 Å². The first kappa shape index (κ1) is 28.0. The molecule has 0 amide bonds. The molecule has 1 aromatic carbocycles. The largest absolute Gasteiger partial charge is 0.435 e. The van der Waals surface area contributed by atoms with E-state index >= 15 is 0 Å². The number of nitrogens with one attached hydrogen (secondary N) is 2. The summed E-state index contributed by atoms with van der Waals surface area (Å²) in [4.78, 5) is 18.5. The van der Waals surface area contributed by atoms with Gasteiger partial charge in [-0.25, -0.2) is 9.97 Å². The lowest BCUT2D eigenvalue weighted by Crippen LogP contribution is -2.35. The molecular formula is C27H30F2N6O4S. The number of hydrogen-bond donors (Lipinski definition) is 5. The predicted molar refractivity (Wildman–Crippen MR) is 148 cm³/mol. The Labute approximate surface area is 233 Å². The molecule has 4 aromatic rings. The van der Waals surface area contributed by atoms with Crippen molar-refractivity contribution in [3.05, 3.63) is 53.5 Å². The SMILES string of the molecule is Cc1nc(N[C@H](C)c2cccc(OC(F)F)c2)nc(N[C@@H]2C[C@H](CO)[C@@H](O)[C@H]2O)c1-c1nc2c(C)nccc2s1. The van der Waals surface area contributed by atoms with E-state index in [0.717, 1.165) is 15.9 Å². The average Bonchev–Trinajstić information content (AvgIpc) is 3.45. The molecule has 1 aliphatic rings. The molecule has 1 fully saturated rings. The van der Waals surface area contributed by atoms with E-state index in [9.17, 15) is 24.1 Å². The second kappa shape index (κ2) is 11.5. The van der Waals surface area contributed by atoms with Crippen molar-refractivity contribution < 1.29 is 28.8 Å². The molecule has 5 atom stereocenters. The van der Waals surface area contributed by atoms with Gasteiger partial charge < -0.3 is 30.7 Å². The number of hydrogen-bond acceptors (Lipinski definition) is 11. The number of rotatable bonds is 9. The van der Waals surface area contributed by atoms with Crippen LogP contribution in [0, 0.1) is 19.8 Å². The first-order valence-corrected chi connectivity index (χ1v) is 13.6. The minimum absolute atomic E-state index is 0.0452. The van der Waals surface area contributed by atoms with Gasteiger partial charge in [0.05, 0.1) is 39.8 Å². The Kier molecular flexibility index (Phi) is 8.08. The molecule has 10 nitrogen and oxygen atoms in total. The van der Waals surface area contributed by atoms with E-state index in [1.165, 1.54) is 23.5 Å². The summed E-state index contributed by atoms with van der Waals surface area (Å²) in [5.41, 5.74) is 3.50. The average molecular weight is 573 g/mol. The number of anilines is 2. The molecule has 0 spiro atoms. The Balaban J connectivity index is 1.51. The molecule has 1 saturated carbocycles. The number of aliphatic hydroxyl groups is 3. The molecule has 212 valence electrons. The lowest BCUT2D eigenvalue weighted by molar-refractivity contribution is -0.0498. The van der Waals surface area contributed by atoms with Gasteiger partial charge in [-0.2, -0.15) is 13.8 Å². The number of aliphatic hydroxyl groups excluding tert-OH is 3. The fourth-order valence-electron chi connectivity index (χ4n) is 4.95. The molecule has 0 aliphatic heterocycles. The van der Waals surface area contributed by atoms with Crippen molar-refractivity contribution in [1.82, 2.24) is 19.9 Å². The van der Waals surface area contributed by atoms with Crippen LogP contribution < -0.4 is 15.4 Å². The summed E-state index contributed by atoms with van der Waals surface area (Å²) < 4.78 is 30.9. The van der Waals surface area contributed by atoms with Gasteiger partial charge in [-0.05, 0) is 51.0 Å². The quantitative estimate of drug-likeness (QED) is 0.199. The first-order chi connectivity index (χ1) is 19.1. The number of thiazole rings is 1. The molecule has 13 heteroatoms. The lowest BCUT2D eigenvalue weighted by atomic mass is 10.1. The normalized spacial score (nSPS) is 21.6. The van der Waals surface area contributed by atoms with E-state index in [0.29, 0.717) is 34.1 Å². The van der Waals surface area contributed by atoms with Crippen LogP contribution in [0.15, 0.2) is 36.5 Å². The number of aromatic nitrogens is 4. The highest BCUT2D eigenvalue weighted by Crippen LogP contribution is 2.39. The number of halogens is 2. The van der Waals surface area contributed by atoms with Gasteiger partial charge >= 0.3 is 6.61 Å². The van der Waals surface area contributed by atoms with Crippen molar-refractivity contribution in [3.63, 3.8) is 0 Å². The van der Waals surface area contributed by atoms with Crippen molar-refractivity contribution in [2.45, 2.75) is 58.1 Å². The Morgan fingerprint density at radius 2 is 1.90 bits per heavy atom. The zero-order chi connectivity index (χ0) is 28.6. The topological polar surface area (TPSA) is 146 Å². The summed E-state index contributed by atoms with van der Waals surface area (Å²) in [7, 11) is 0. The minimum Gasteiger partial charge on any atom is -0.435 e. The molecule has 3 aromatic heterocycles. The number of aryl methyl sites for hydroxylation is 2. The maximum absolute atomic E-state index is 12.7. The highest BCUT2D eigenvalue weighted by molar-refractivity contribution is 7.21. The first-order valence-electron chi connectivity index (χ1n) is 12.8.